The van der Waals surface area contributed by atoms with Gasteiger partial charge < -0.3 is 10.2 Å². The summed E-state index contributed by atoms with van der Waals surface area (Å²) in [5.74, 6) is -0.0486. The highest BCUT2D eigenvalue weighted by Gasteiger charge is 2.19. The Bertz CT molecular complexity index is 435. The minimum absolute atomic E-state index is 0.0486. The maximum atomic E-state index is 12.3. The fourth-order valence-corrected chi connectivity index (χ4v) is 2.43. The van der Waals surface area contributed by atoms with Crippen molar-refractivity contribution in [2.45, 2.75) is 19.9 Å². The van der Waals surface area contributed by atoms with Crippen molar-refractivity contribution in [3.05, 3.63) is 27.2 Å². The lowest BCUT2D eigenvalue weighted by Gasteiger charge is -2.23. The first-order valence-electron chi connectivity index (χ1n) is 5.32. The molecular formula is C12H16BrClN2O. The van der Waals surface area contributed by atoms with E-state index in [1.165, 1.54) is 0 Å². The molecule has 5 heteroatoms. The van der Waals surface area contributed by atoms with E-state index < -0.39 is 0 Å². The summed E-state index contributed by atoms with van der Waals surface area (Å²) in [6, 6.07) is 3.59. The highest BCUT2D eigenvalue weighted by molar-refractivity contribution is 9.10. The van der Waals surface area contributed by atoms with E-state index >= 15 is 0 Å². The molecule has 0 aliphatic carbocycles. The lowest BCUT2D eigenvalue weighted by Crippen LogP contribution is -2.33. The van der Waals surface area contributed by atoms with E-state index in [-0.39, 0.29) is 11.9 Å². The van der Waals surface area contributed by atoms with Gasteiger partial charge in [0.05, 0.1) is 11.3 Å². The molecule has 0 radical (unpaired) electrons. The molecule has 0 saturated heterocycles. The van der Waals surface area contributed by atoms with E-state index in [1.807, 2.05) is 13.8 Å². The lowest BCUT2D eigenvalue weighted by molar-refractivity contribution is 0.0756. The predicted molar refractivity (Wildman–Crippen MR) is 75.9 cm³/mol. The summed E-state index contributed by atoms with van der Waals surface area (Å²) in [5.41, 5.74) is 1.33. The fourth-order valence-electron chi connectivity index (χ4n) is 1.42. The second-order valence-electron chi connectivity index (χ2n) is 4.07. The Labute approximate surface area is 115 Å². The molecule has 1 N–H and O–H groups in total. The Morgan fingerprint density at radius 2 is 2.06 bits per heavy atom. The normalized spacial score (nSPS) is 10.5. The third-order valence-corrected chi connectivity index (χ3v) is 3.47. The van der Waals surface area contributed by atoms with Gasteiger partial charge in [-0.15, -0.1) is 0 Å². The van der Waals surface area contributed by atoms with E-state index in [2.05, 4.69) is 21.2 Å². The molecule has 0 saturated carbocycles. The Morgan fingerprint density at radius 3 is 2.53 bits per heavy atom. The number of nitrogens with one attached hydrogen (secondary N) is 1. The van der Waals surface area contributed by atoms with Gasteiger partial charge in [0.15, 0.2) is 0 Å². The molecule has 0 aromatic heterocycles. The van der Waals surface area contributed by atoms with E-state index in [9.17, 15) is 4.79 Å². The summed E-state index contributed by atoms with van der Waals surface area (Å²) in [4.78, 5) is 14.0. The smallest absolute Gasteiger partial charge is 0.256 e. The molecule has 0 bridgehead atoms. The largest absolute Gasteiger partial charge is 0.387 e. The van der Waals surface area contributed by atoms with Gasteiger partial charge in [-0.3, -0.25) is 4.79 Å². The molecule has 3 nitrogen and oxygen atoms in total. The molecule has 1 rings (SSSR count). The van der Waals surface area contributed by atoms with Gasteiger partial charge in [-0.05, 0) is 41.9 Å². The number of amides is 1. The summed E-state index contributed by atoms with van der Waals surface area (Å²) < 4.78 is 0.785. The fraction of sp³-hybridized carbons (Fsp3) is 0.417. The molecule has 0 spiro atoms. The van der Waals surface area contributed by atoms with Gasteiger partial charge >= 0.3 is 0 Å². The van der Waals surface area contributed by atoms with Crippen molar-refractivity contribution in [2.75, 3.05) is 19.4 Å². The molecule has 17 heavy (non-hydrogen) atoms. The zero-order valence-corrected chi connectivity index (χ0v) is 12.7. The summed E-state index contributed by atoms with van der Waals surface area (Å²) in [7, 11) is 3.56. The maximum absolute atomic E-state index is 12.3. The van der Waals surface area contributed by atoms with Crippen molar-refractivity contribution in [1.82, 2.24) is 4.90 Å². The van der Waals surface area contributed by atoms with E-state index in [4.69, 9.17) is 11.6 Å². The van der Waals surface area contributed by atoms with Crippen LogP contribution in [0.15, 0.2) is 16.6 Å². The molecule has 0 atom stereocenters. The van der Waals surface area contributed by atoms with E-state index in [1.54, 1.807) is 31.1 Å². The summed E-state index contributed by atoms with van der Waals surface area (Å²) in [5, 5.41) is 3.55. The standard InChI is InChI=1S/C12H16BrClN2O/c1-7(2)16(4)12(17)9-5-8(14)6-10(13)11(9)15-3/h5-7,15H,1-4H3. The van der Waals surface area contributed by atoms with Crippen LogP contribution in [0.4, 0.5) is 5.69 Å². The highest BCUT2D eigenvalue weighted by Crippen LogP contribution is 2.31. The number of carbonyl (C=O) groups excluding carboxylic acids is 1. The number of anilines is 1. The van der Waals surface area contributed by atoms with Gasteiger partial charge in [0.2, 0.25) is 0 Å². The Balaban J connectivity index is 3.25. The van der Waals surface area contributed by atoms with Crippen LogP contribution in [0.3, 0.4) is 0 Å². The Morgan fingerprint density at radius 1 is 1.47 bits per heavy atom. The number of hydrogen-bond donors (Lipinski definition) is 1. The topological polar surface area (TPSA) is 32.3 Å². The lowest BCUT2D eigenvalue weighted by atomic mass is 10.1. The maximum Gasteiger partial charge on any atom is 0.256 e. The average molecular weight is 320 g/mol. The molecule has 0 aliphatic rings. The van der Waals surface area contributed by atoms with Crippen molar-refractivity contribution in [2.24, 2.45) is 0 Å². The first kappa shape index (κ1) is 14.3. The Hall–Kier alpha value is -0.740. The summed E-state index contributed by atoms with van der Waals surface area (Å²) in [6.07, 6.45) is 0. The zero-order chi connectivity index (χ0) is 13.2. The zero-order valence-electron chi connectivity index (χ0n) is 10.3. The van der Waals surface area contributed by atoms with Crippen molar-refractivity contribution in [3.8, 4) is 0 Å². The molecule has 1 aromatic carbocycles. The van der Waals surface area contributed by atoms with Gasteiger partial charge in [-0.25, -0.2) is 0 Å². The number of rotatable bonds is 3. The van der Waals surface area contributed by atoms with Crippen LogP contribution in [0.25, 0.3) is 0 Å². The molecular weight excluding hydrogens is 304 g/mol. The van der Waals surface area contributed by atoms with Gasteiger partial charge in [-0.1, -0.05) is 11.6 Å². The van der Waals surface area contributed by atoms with E-state index in [0.717, 1.165) is 10.2 Å². The monoisotopic (exact) mass is 318 g/mol. The van der Waals surface area contributed by atoms with Crippen LogP contribution in [0.5, 0.6) is 0 Å². The Kier molecular flexibility index (Phi) is 4.83. The molecule has 94 valence electrons. The summed E-state index contributed by atoms with van der Waals surface area (Å²) >= 11 is 9.37. The highest BCUT2D eigenvalue weighted by atomic mass is 79.9. The summed E-state index contributed by atoms with van der Waals surface area (Å²) in [6.45, 7) is 3.94. The van der Waals surface area contributed by atoms with Crippen molar-refractivity contribution < 1.29 is 4.79 Å². The predicted octanol–water partition coefficient (Wildman–Crippen LogP) is 3.62. The number of benzene rings is 1. The van der Waals surface area contributed by atoms with Crippen LogP contribution >= 0.6 is 27.5 Å². The number of hydrogen-bond acceptors (Lipinski definition) is 2. The molecule has 0 aliphatic heterocycles. The third-order valence-electron chi connectivity index (χ3n) is 2.63. The molecule has 0 heterocycles. The first-order valence-corrected chi connectivity index (χ1v) is 6.49. The number of nitrogens with zero attached hydrogens (tertiary/aromatic N) is 1. The van der Waals surface area contributed by atoms with Crippen molar-refractivity contribution in [1.29, 1.82) is 0 Å². The first-order chi connectivity index (χ1) is 7.88. The SMILES string of the molecule is CNc1c(Br)cc(Cl)cc1C(=O)N(C)C(C)C. The van der Waals surface area contributed by atoms with Crippen LogP contribution in [-0.4, -0.2) is 30.9 Å². The average Bonchev–Trinajstić information content (AvgIpc) is 2.25. The molecule has 1 aromatic rings. The van der Waals surface area contributed by atoms with Gasteiger partial charge in [0.25, 0.3) is 5.91 Å². The minimum Gasteiger partial charge on any atom is -0.387 e. The van der Waals surface area contributed by atoms with Gasteiger partial charge in [-0.2, -0.15) is 0 Å². The van der Waals surface area contributed by atoms with Gasteiger partial charge in [0.1, 0.15) is 0 Å². The minimum atomic E-state index is -0.0486. The van der Waals surface area contributed by atoms with Gasteiger partial charge in [0, 0.05) is 29.6 Å². The number of carbonyl (C=O) groups is 1. The van der Waals surface area contributed by atoms with Crippen LogP contribution in [0, 0.1) is 0 Å². The molecule has 0 unspecified atom stereocenters. The second kappa shape index (κ2) is 5.74. The quantitative estimate of drug-likeness (QED) is 0.923. The van der Waals surface area contributed by atoms with Crippen LogP contribution in [0.1, 0.15) is 24.2 Å². The molecule has 1 amide bonds. The van der Waals surface area contributed by atoms with E-state index in [0.29, 0.717) is 10.6 Å². The van der Waals surface area contributed by atoms with Crippen LogP contribution < -0.4 is 5.32 Å². The third kappa shape index (κ3) is 3.13. The van der Waals surface area contributed by atoms with Crippen LogP contribution in [0.2, 0.25) is 5.02 Å². The number of halogens is 2. The second-order valence-corrected chi connectivity index (χ2v) is 5.36. The van der Waals surface area contributed by atoms with Crippen LogP contribution in [-0.2, 0) is 0 Å². The molecule has 0 fully saturated rings. The van der Waals surface area contributed by atoms with Crippen molar-refractivity contribution in [3.63, 3.8) is 0 Å². The van der Waals surface area contributed by atoms with Crippen molar-refractivity contribution >= 4 is 39.1 Å².